The van der Waals surface area contributed by atoms with Gasteiger partial charge < -0.3 is 14.2 Å². The van der Waals surface area contributed by atoms with Gasteiger partial charge >= 0.3 is 0 Å². The van der Waals surface area contributed by atoms with Gasteiger partial charge in [-0.25, -0.2) is 9.07 Å². The largest absolute Gasteiger partial charge is 0.467 e. The Kier molecular flexibility index (Phi) is 5.26. The van der Waals surface area contributed by atoms with E-state index in [1.54, 1.807) is 15.8 Å². The minimum absolute atomic E-state index is 0.0334. The Balaban J connectivity index is 1.66. The van der Waals surface area contributed by atoms with E-state index < -0.39 is 0 Å². The van der Waals surface area contributed by atoms with Crippen LogP contribution < -0.4 is 9.80 Å². The van der Waals surface area contributed by atoms with Crippen molar-refractivity contribution in [1.82, 2.24) is 20.2 Å². The standard InChI is InChI=1S/C19H23FN6O/c1-2-24-9-11-25(12-10-24)18(15-5-7-16(20)8-6-15)19-21-22-23-26(19)14-17-4-3-13-27-17/h3-8,13,18H,2,9-12,14H2,1H3/p+2/t18-/m1/s1. The molecule has 4 rings (SSSR count). The number of tetrazole rings is 1. The van der Waals surface area contributed by atoms with Crippen molar-refractivity contribution < 1.29 is 18.6 Å². The molecule has 2 N–H and O–H groups in total. The molecule has 1 atom stereocenters. The van der Waals surface area contributed by atoms with Gasteiger partial charge in [0.15, 0.2) is 6.04 Å². The van der Waals surface area contributed by atoms with E-state index in [-0.39, 0.29) is 11.9 Å². The number of benzene rings is 1. The van der Waals surface area contributed by atoms with Crippen LogP contribution in [-0.4, -0.2) is 52.9 Å². The summed E-state index contributed by atoms with van der Waals surface area (Å²) in [6, 6.07) is 10.4. The SMILES string of the molecule is CC[NH+]1CC[NH+]([C@H](c2ccc(F)cc2)c2nnnn2Cc2ccco2)CC1. The van der Waals surface area contributed by atoms with Crippen molar-refractivity contribution in [2.45, 2.75) is 19.5 Å². The summed E-state index contributed by atoms with van der Waals surface area (Å²) in [6.07, 6.45) is 1.65. The van der Waals surface area contributed by atoms with Crippen LogP contribution in [0.25, 0.3) is 0 Å². The zero-order valence-electron chi connectivity index (χ0n) is 15.4. The average molecular weight is 372 g/mol. The van der Waals surface area contributed by atoms with Crippen LogP contribution >= 0.6 is 0 Å². The molecule has 3 aromatic rings. The minimum Gasteiger partial charge on any atom is -0.467 e. The molecule has 8 heteroatoms. The topological polar surface area (TPSA) is 65.6 Å². The second kappa shape index (κ2) is 7.98. The van der Waals surface area contributed by atoms with E-state index in [0.717, 1.165) is 49.9 Å². The summed E-state index contributed by atoms with van der Waals surface area (Å²) < 4.78 is 20.7. The van der Waals surface area contributed by atoms with Gasteiger partial charge in [0.1, 0.15) is 44.3 Å². The molecule has 1 fully saturated rings. The summed E-state index contributed by atoms with van der Waals surface area (Å²) in [6.45, 7) is 8.13. The van der Waals surface area contributed by atoms with Crippen LogP contribution in [0.3, 0.4) is 0 Å². The van der Waals surface area contributed by atoms with E-state index in [2.05, 4.69) is 22.4 Å². The molecule has 3 heterocycles. The van der Waals surface area contributed by atoms with Crippen LogP contribution in [0.2, 0.25) is 0 Å². The van der Waals surface area contributed by atoms with Crippen molar-refractivity contribution in [1.29, 1.82) is 0 Å². The van der Waals surface area contributed by atoms with Crippen LogP contribution in [0, 0.1) is 5.82 Å². The number of nitrogens with one attached hydrogen (secondary N) is 2. The van der Waals surface area contributed by atoms with Gasteiger partial charge in [0.05, 0.1) is 12.8 Å². The third-order valence-electron chi connectivity index (χ3n) is 5.41. The van der Waals surface area contributed by atoms with Crippen molar-refractivity contribution in [3.05, 3.63) is 65.6 Å². The second-order valence-electron chi connectivity index (χ2n) is 7.02. The molecule has 142 valence electrons. The van der Waals surface area contributed by atoms with Gasteiger partial charge in [-0.05, 0) is 53.7 Å². The van der Waals surface area contributed by atoms with Gasteiger partial charge in [-0.1, -0.05) is 0 Å². The zero-order chi connectivity index (χ0) is 18.6. The Hall–Kier alpha value is -2.58. The van der Waals surface area contributed by atoms with E-state index >= 15 is 0 Å². The van der Waals surface area contributed by atoms with Crippen molar-refractivity contribution in [3.63, 3.8) is 0 Å². The Morgan fingerprint density at radius 3 is 2.59 bits per heavy atom. The Labute approximate surface area is 157 Å². The lowest BCUT2D eigenvalue weighted by molar-refractivity contribution is -1.02. The second-order valence-corrected chi connectivity index (χ2v) is 7.02. The summed E-state index contributed by atoms with van der Waals surface area (Å²) in [7, 11) is 0. The average Bonchev–Trinajstić information content (AvgIpc) is 3.37. The number of rotatable bonds is 6. The molecule has 0 bridgehead atoms. The monoisotopic (exact) mass is 372 g/mol. The van der Waals surface area contributed by atoms with E-state index in [0.29, 0.717) is 6.54 Å². The summed E-state index contributed by atoms with van der Waals surface area (Å²) in [4.78, 5) is 3.03. The summed E-state index contributed by atoms with van der Waals surface area (Å²) in [5, 5.41) is 12.5. The Morgan fingerprint density at radius 2 is 1.93 bits per heavy atom. The highest BCUT2D eigenvalue weighted by atomic mass is 19.1. The van der Waals surface area contributed by atoms with Crippen LogP contribution in [0.15, 0.2) is 47.1 Å². The molecule has 2 aromatic heterocycles. The van der Waals surface area contributed by atoms with Crippen LogP contribution in [0.4, 0.5) is 4.39 Å². The van der Waals surface area contributed by atoms with Gasteiger partial charge in [-0.3, -0.25) is 0 Å². The molecule has 0 spiro atoms. The van der Waals surface area contributed by atoms with Crippen LogP contribution in [0.1, 0.15) is 30.1 Å². The van der Waals surface area contributed by atoms with Gasteiger partial charge in [-0.15, -0.1) is 5.10 Å². The molecular formula is C19H25FN6O+2. The number of piperazine rings is 1. The lowest BCUT2D eigenvalue weighted by Crippen LogP contribution is -3.28. The molecule has 27 heavy (non-hydrogen) atoms. The number of quaternary nitrogens is 2. The number of hydrogen-bond acceptors (Lipinski definition) is 4. The van der Waals surface area contributed by atoms with E-state index in [4.69, 9.17) is 4.42 Å². The van der Waals surface area contributed by atoms with Gasteiger partial charge in [0.2, 0.25) is 5.82 Å². The molecule has 0 saturated carbocycles. The number of hydrogen-bond donors (Lipinski definition) is 2. The summed E-state index contributed by atoms with van der Waals surface area (Å²) in [5.74, 6) is 1.35. The molecule has 0 aliphatic carbocycles. The highest BCUT2D eigenvalue weighted by molar-refractivity contribution is 5.23. The fraction of sp³-hybridized carbons (Fsp3) is 0.421. The van der Waals surface area contributed by atoms with Crippen molar-refractivity contribution >= 4 is 0 Å². The van der Waals surface area contributed by atoms with E-state index in [9.17, 15) is 4.39 Å². The first-order valence-corrected chi connectivity index (χ1v) is 9.46. The first kappa shape index (κ1) is 17.8. The van der Waals surface area contributed by atoms with Crippen molar-refractivity contribution in [2.75, 3.05) is 32.7 Å². The zero-order valence-corrected chi connectivity index (χ0v) is 15.4. The lowest BCUT2D eigenvalue weighted by Gasteiger charge is -2.33. The van der Waals surface area contributed by atoms with Crippen molar-refractivity contribution in [3.8, 4) is 0 Å². The van der Waals surface area contributed by atoms with Crippen LogP contribution in [-0.2, 0) is 6.54 Å². The fourth-order valence-electron chi connectivity index (χ4n) is 3.87. The fourth-order valence-corrected chi connectivity index (χ4v) is 3.87. The molecule has 7 nitrogen and oxygen atoms in total. The molecule has 1 saturated heterocycles. The van der Waals surface area contributed by atoms with E-state index in [1.165, 1.54) is 17.0 Å². The first-order valence-electron chi connectivity index (χ1n) is 9.46. The van der Waals surface area contributed by atoms with Crippen LogP contribution in [0.5, 0.6) is 0 Å². The predicted octanol–water partition coefficient (Wildman–Crippen LogP) is -0.654. The van der Waals surface area contributed by atoms with Gasteiger partial charge in [0, 0.05) is 5.56 Å². The normalized spacial score (nSPS) is 21.3. The molecule has 0 amide bonds. The molecule has 0 radical (unpaired) electrons. The lowest BCUT2D eigenvalue weighted by atomic mass is 10.0. The first-order chi connectivity index (χ1) is 13.2. The maximum absolute atomic E-state index is 13.5. The van der Waals surface area contributed by atoms with Crippen molar-refractivity contribution in [2.24, 2.45) is 0 Å². The predicted molar refractivity (Wildman–Crippen MR) is 95.8 cm³/mol. The highest BCUT2D eigenvalue weighted by Crippen LogP contribution is 2.18. The molecule has 1 aliphatic heterocycles. The maximum Gasteiger partial charge on any atom is 0.214 e. The van der Waals surface area contributed by atoms with Gasteiger partial charge in [-0.2, -0.15) is 0 Å². The Bertz CT molecular complexity index is 839. The third kappa shape index (κ3) is 3.91. The maximum atomic E-state index is 13.5. The summed E-state index contributed by atoms with van der Waals surface area (Å²) >= 11 is 0. The number of nitrogens with zero attached hydrogens (tertiary/aromatic N) is 4. The number of likely N-dealkylation sites (N-methyl/N-ethyl adjacent to an activating group) is 1. The van der Waals surface area contributed by atoms with Gasteiger partial charge in [0.25, 0.3) is 0 Å². The minimum atomic E-state index is -0.233. The molecular weight excluding hydrogens is 347 g/mol. The number of furan rings is 1. The quantitative estimate of drug-likeness (QED) is 0.603. The molecule has 0 unspecified atom stereocenters. The highest BCUT2D eigenvalue weighted by Gasteiger charge is 2.35. The number of aromatic nitrogens is 4. The Morgan fingerprint density at radius 1 is 1.15 bits per heavy atom. The number of halogens is 1. The van der Waals surface area contributed by atoms with E-state index in [1.807, 2.05) is 24.3 Å². The smallest absolute Gasteiger partial charge is 0.214 e. The third-order valence-corrected chi connectivity index (χ3v) is 5.41. The molecule has 1 aromatic carbocycles. The summed E-state index contributed by atoms with van der Waals surface area (Å²) in [5.41, 5.74) is 1.03. The molecule has 1 aliphatic rings.